The monoisotopic (exact) mass is 377 g/mol. The molecule has 1 saturated heterocycles. The van der Waals surface area contributed by atoms with Gasteiger partial charge in [0.1, 0.15) is 0 Å². The van der Waals surface area contributed by atoms with Gasteiger partial charge in [-0.25, -0.2) is 0 Å². The van der Waals surface area contributed by atoms with Gasteiger partial charge in [0.05, 0.1) is 20.8 Å². The molecule has 0 aliphatic carbocycles. The molecule has 1 aromatic carbocycles. The third-order valence-corrected chi connectivity index (χ3v) is 5.26. The van der Waals surface area contributed by atoms with Crippen LogP contribution in [0.2, 0.25) is 0 Å². The summed E-state index contributed by atoms with van der Waals surface area (Å²) < 4.78 is 15.7. The molecule has 0 aromatic heterocycles. The van der Waals surface area contributed by atoms with E-state index in [-0.39, 0.29) is 23.7 Å². The van der Waals surface area contributed by atoms with Crippen LogP contribution in [0.1, 0.15) is 38.7 Å². The van der Waals surface area contributed by atoms with Crippen molar-refractivity contribution in [3.05, 3.63) is 23.8 Å². The van der Waals surface area contributed by atoms with Gasteiger partial charge in [-0.2, -0.15) is 0 Å². The maximum atomic E-state index is 12.9. The van der Waals surface area contributed by atoms with Crippen LogP contribution in [0.15, 0.2) is 18.2 Å². The Morgan fingerprint density at radius 1 is 1.19 bits per heavy atom. The summed E-state index contributed by atoms with van der Waals surface area (Å²) in [5.41, 5.74) is 1.10. The number of esters is 1. The molecule has 1 aliphatic heterocycles. The number of benzene rings is 1. The Kier molecular flexibility index (Phi) is 7.95. The Labute approximate surface area is 161 Å². The predicted octanol–water partition coefficient (Wildman–Crippen LogP) is 3.07. The minimum absolute atomic E-state index is 0.0823. The highest BCUT2D eigenvalue weighted by Crippen LogP contribution is 2.31. The van der Waals surface area contributed by atoms with Crippen molar-refractivity contribution in [3.63, 3.8) is 0 Å². The first-order chi connectivity index (χ1) is 13.0. The number of piperidine rings is 1. The van der Waals surface area contributed by atoms with Gasteiger partial charge >= 0.3 is 5.97 Å². The van der Waals surface area contributed by atoms with E-state index in [1.165, 1.54) is 0 Å². The first-order valence-corrected chi connectivity index (χ1v) is 9.69. The fourth-order valence-electron chi connectivity index (χ4n) is 3.78. The lowest BCUT2D eigenvalue weighted by Crippen LogP contribution is -2.46. The van der Waals surface area contributed by atoms with E-state index in [0.29, 0.717) is 37.6 Å². The van der Waals surface area contributed by atoms with Crippen LogP contribution < -0.4 is 9.47 Å². The molecule has 1 fully saturated rings. The summed E-state index contributed by atoms with van der Waals surface area (Å²) in [5, 5.41) is 0. The number of rotatable bonds is 9. The molecule has 0 spiro atoms. The molecule has 0 bridgehead atoms. The zero-order valence-electron chi connectivity index (χ0n) is 16.8. The second-order valence-corrected chi connectivity index (χ2v) is 6.84. The number of carbonyl (C=O) groups is 2. The van der Waals surface area contributed by atoms with Crippen molar-refractivity contribution in [1.82, 2.24) is 4.90 Å². The summed E-state index contributed by atoms with van der Waals surface area (Å²) in [6, 6.07) is 5.83. The number of hydrogen-bond donors (Lipinski definition) is 0. The predicted molar refractivity (Wildman–Crippen MR) is 103 cm³/mol. The van der Waals surface area contributed by atoms with Crippen molar-refractivity contribution >= 4 is 11.9 Å². The smallest absolute Gasteiger partial charge is 0.306 e. The molecule has 2 atom stereocenters. The van der Waals surface area contributed by atoms with Gasteiger partial charge in [-0.15, -0.1) is 0 Å². The summed E-state index contributed by atoms with van der Waals surface area (Å²) in [4.78, 5) is 26.6. The van der Waals surface area contributed by atoms with Crippen LogP contribution in [0, 0.1) is 11.8 Å². The average molecular weight is 377 g/mol. The first kappa shape index (κ1) is 21.1. The first-order valence-electron chi connectivity index (χ1n) is 9.69. The molecule has 6 heteroatoms. The van der Waals surface area contributed by atoms with Crippen LogP contribution in [0.3, 0.4) is 0 Å². The van der Waals surface area contributed by atoms with Crippen LogP contribution >= 0.6 is 0 Å². The molecule has 1 aliphatic rings. The Morgan fingerprint density at radius 3 is 2.56 bits per heavy atom. The normalized spacial score (nSPS) is 19.7. The van der Waals surface area contributed by atoms with Gasteiger partial charge < -0.3 is 19.1 Å². The maximum Gasteiger partial charge on any atom is 0.306 e. The SMILES string of the molecule is CCOC(=O)C[C@H]1CCN(CCc2ccc(OC)c(OC)c2)C(=O)[C@@H]1CC. The largest absolute Gasteiger partial charge is 0.493 e. The van der Waals surface area contributed by atoms with E-state index in [0.717, 1.165) is 24.8 Å². The van der Waals surface area contributed by atoms with E-state index >= 15 is 0 Å². The fraction of sp³-hybridized carbons (Fsp3) is 0.619. The molecule has 1 heterocycles. The van der Waals surface area contributed by atoms with Gasteiger partial charge in [-0.05, 0) is 49.8 Å². The molecule has 27 heavy (non-hydrogen) atoms. The summed E-state index contributed by atoms with van der Waals surface area (Å²) in [6.07, 6.45) is 2.68. The number of likely N-dealkylation sites (tertiary alicyclic amines) is 1. The molecule has 150 valence electrons. The number of nitrogens with zero attached hydrogens (tertiary/aromatic N) is 1. The van der Waals surface area contributed by atoms with Gasteiger partial charge in [0.15, 0.2) is 11.5 Å². The Morgan fingerprint density at radius 2 is 1.93 bits per heavy atom. The molecule has 0 radical (unpaired) electrons. The molecule has 0 saturated carbocycles. The molecule has 1 aromatic rings. The summed E-state index contributed by atoms with van der Waals surface area (Å²) >= 11 is 0. The lowest BCUT2D eigenvalue weighted by molar-refractivity contribution is -0.148. The topological polar surface area (TPSA) is 65.1 Å². The van der Waals surface area contributed by atoms with E-state index in [1.807, 2.05) is 30.0 Å². The van der Waals surface area contributed by atoms with Crippen LogP contribution in [0.25, 0.3) is 0 Å². The molecular weight excluding hydrogens is 346 g/mol. The van der Waals surface area contributed by atoms with Crippen LogP contribution in [-0.2, 0) is 20.7 Å². The molecule has 1 amide bonds. The van der Waals surface area contributed by atoms with Gasteiger partial charge in [-0.1, -0.05) is 13.0 Å². The van der Waals surface area contributed by atoms with Crippen molar-refractivity contribution < 1.29 is 23.8 Å². The minimum atomic E-state index is -0.201. The molecule has 0 unspecified atom stereocenters. The van der Waals surface area contributed by atoms with E-state index < -0.39 is 0 Å². The lowest BCUT2D eigenvalue weighted by atomic mass is 9.81. The summed E-state index contributed by atoms with van der Waals surface area (Å²) in [6.45, 7) is 5.55. The summed E-state index contributed by atoms with van der Waals surface area (Å²) in [7, 11) is 3.23. The van der Waals surface area contributed by atoms with Gasteiger partial charge in [0.25, 0.3) is 0 Å². The fourth-order valence-corrected chi connectivity index (χ4v) is 3.78. The zero-order valence-corrected chi connectivity index (χ0v) is 16.8. The number of methoxy groups -OCH3 is 2. The van der Waals surface area contributed by atoms with Crippen molar-refractivity contribution in [2.45, 2.75) is 39.5 Å². The highest BCUT2D eigenvalue weighted by Gasteiger charge is 2.36. The summed E-state index contributed by atoms with van der Waals surface area (Å²) in [5.74, 6) is 1.32. The van der Waals surface area contributed by atoms with Crippen molar-refractivity contribution in [1.29, 1.82) is 0 Å². The van der Waals surface area contributed by atoms with Crippen LogP contribution in [-0.4, -0.2) is 50.7 Å². The van der Waals surface area contributed by atoms with E-state index in [9.17, 15) is 9.59 Å². The number of amides is 1. The molecule has 0 N–H and O–H groups in total. The van der Waals surface area contributed by atoms with Crippen molar-refractivity contribution in [3.8, 4) is 11.5 Å². The quantitative estimate of drug-likeness (QED) is 0.619. The third-order valence-electron chi connectivity index (χ3n) is 5.26. The van der Waals surface area contributed by atoms with E-state index in [2.05, 4.69) is 0 Å². The minimum Gasteiger partial charge on any atom is -0.493 e. The van der Waals surface area contributed by atoms with Crippen molar-refractivity contribution in [2.75, 3.05) is 33.9 Å². The van der Waals surface area contributed by atoms with E-state index in [4.69, 9.17) is 14.2 Å². The average Bonchev–Trinajstić information content (AvgIpc) is 2.67. The molecule has 2 rings (SSSR count). The van der Waals surface area contributed by atoms with Crippen molar-refractivity contribution in [2.24, 2.45) is 11.8 Å². The highest BCUT2D eigenvalue weighted by molar-refractivity contribution is 5.81. The van der Waals surface area contributed by atoms with Gasteiger partial charge in [0, 0.05) is 25.4 Å². The lowest BCUT2D eigenvalue weighted by Gasteiger charge is -2.37. The zero-order chi connectivity index (χ0) is 19.8. The maximum absolute atomic E-state index is 12.9. The highest BCUT2D eigenvalue weighted by atomic mass is 16.5. The van der Waals surface area contributed by atoms with Crippen LogP contribution in [0.5, 0.6) is 11.5 Å². The number of hydrogen-bond acceptors (Lipinski definition) is 5. The number of carbonyl (C=O) groups excluding carboxylic acids is 2. The Balaban J connectivity index is 1.96. The Hall–Kier alpha value is -2.24. The van der Waals surface area contributed by atoms with Gasteiger partial charge in [-0.3, -0.25) is 9.59 Å². The third kappa shape index (κ3) is 5.37. The molecular formula is C21H31NO5. The molecule has 6 nitrogen and oxygen atoms in total. The second-order valence-electron chi connectivity index (χ2n) is 6.84. The standard InChI is InChI=1S/C21H31NO5/c1-5-17-16(14-20(23)27-6-2)10-12-22(21(17)24)11-9-15-7-8-18(25-3)19(13-15)26-4/h7-8,13,16-17H,5-6,9-12,14H2,1-4H3/t16-,17-/m1/s1. The van der Waals surface area contributed by atoms with Gasteiger partial charge in [0.2, 0.25) is 5.91 Å². The van der Waals surface area contributed by atoms with Crippen LogP contribution in [0.4, 0.5) is 0 Å². The Bertz CT molecular complexity index is 645. The van der Waals surface area contributed by atoms with E-state index in [1.54, 1.807) is 21.1 Å². The number of ether oxygens (including phenoxy) is 3. The second kappa shape index (κ2) is 10.2.